The van der Waals surface area contributed by atoms with Crippen LogP contribution in [0.2, 0.25) is 10.0 Å². The van der Waals surface area contributed by atoms with E-state index in [9.17, 15) is 4.79 Å². The predicted octanol–water partition coefficient (Wildman–Crippen LogP) is 3.36. The molecule has 2 rings (SSSR count). The van der Waals surface area contributed by atoms with Crippen molar-refractivity contribution in [3.63, 3.8) is 0 Å². The molecule has 0 aliphatic heterocycles. The van der Waals surface area contributed by atoms with Gasteiger partial charge in [-0.25, -0.2) is 4.79 Å². The minimum absolute atomic E-state index is 0. The van der Waals surface area contributed by atoms with Crippen LogP contribution in [0.1, 0.15) is 0 Å². The monoisotopic (exact) mass is 335 g/mol. The molecule has 0 aliphatic carbocycles. The number of anilines is 1. The van der Waals surface area contributed by atoms with Crippen molar-refractivity contribution in [2.24, 2.45) is 0 Å². The first-order valence-electron chi connectivity index (χ1n) is 5.60. The van der Waals surface area contributed by atoms with E-state index >= 15 is 0 Å². The Morgan fingerprint density at radius 2 is 1.60 bits per heavy atom. The molecule has 0 amide bonds. The number of rotatable bonds is 4. The molecule has 0 spiro atoms. The van der Waals surface area contributed by atoms with Gasteiger partial charge in [0.05, 0.1) is 15.7 Å². The zero-order valence-electron chi connectivity index (χ0n) is 9.90. The first kappa shape index (κ1) is 18.0. The summed E-state index contributed by atoms with van der Waals surface area (Å²) in [5.41, 5.74) is 0.524. The molecule has 0 fully saturated rings. The number of hydrogen-bond donors (Lipinski definition) is 1. The predicted molar refractivity (Wildman–Crippen MR) is 84.2 cm³/mol. The molecule has 0 aromatic heterocycles. The number of esters is 1. The van der Waals surface area contributed by atoms with Gasteiger partial charge in [-0.3, -0.25) is 0 Å². The van der Waals surface area contributed by atoms with E-state index in [2.05, 4.69) is 5.32 Å². The van der Waals surface area contributed by atoms with Gasteiger partial charge in [0.15, 0.2) is 0 Å². The van der Waals surface area contributed by atoms with Crippen molar-refractivity contribution < 1.29 is 9.53 Å². The molecule has 100 valence electrons. The second-order valence-electron chi connectivity index (χ2n) is 3.74. The molecule has 0 saturated carbocycles. The Labute approximate surface area is 170 Å². The Kier molecular flexibility index (Phi) is 8.13. The summed E-state index contributed by atoms with van der Waals surface area (Å²) in [5.74, 6) is 0.0849. The molecule has 0 aliphatic rings. The zero-order valence-corrected chi connectivity index (χ0v) is 11.4. The van der Waals surface area contributed by atoms with Crippen molar-refractivity contribution in [1.29, 1.82) is 0 Å². The third-order valence-corrected chi connectivity index (χ3v) is 2.98. The van der Waals surface area contributed by atoms with Crippen molar-refractivity contribution in [1.82, 2.24) is 0 Å². The van der Waals surface area contributed by atoms with Gasteiger partial charge in [0.25, 0.3) is 0 Å². The van der Waals surface area contributed by atoms with Crippen molar-refractivity contribution in [2.75, 3.05) is 11.9 Å². The second-order valence-corrected chi connectivity index (χ2v) is 4.55. The maximum atomic E-state index is 11.6. The molecular formula is C14H12Cl2KNO2. The van der Waals surface area contributed by atoms with Crippen LogP contribution in [0.5, 0.6) is 5.75 Å². The van der Waals surface area contributed by atoms with Crippen LogP contribution in [0.15, 0.2) is 48.5 Å². The van der Waals surface area contributed by atoms with E-state index in [1.807, 2.05) is 6.07 Å². The number of benzene rings is 2. The third kappa shape index (κ3) is 5.37. The van der Waals surface area contributed by atoms with Gasteiger partial charge >= 0.3 is 57.4 Å². The fourth-order valence-corrected chi connectivity index (χ4v) is 2.01. The molecular weight excluding hydrogens is 324 g/mol. The van der Waals surface area contributed by atoms with Gasteiger partial charge in [-0.1, -0.05) is 47.5 Å². The van der Waals surface area contributed by atoms with Gasteiger partial charge < -0.3 is 10.1 Å². The summed E-state index contributed by atoms with van der Waals surface area (Å²) in [7, 11) is 0. The Balaban J connectivity index is 0.00000200. The number of carbonyl (C=O) groups is 1. The standard InChI is InChI=1S/C14H11Cl2NO2.K.H/c15-11-7-4-8-12(16)14(11)17-9-13(18)19-10-5-2-1-3-6-10;;/h1-8,17H,9H2;;. The Morgan fingerprint density at radius 1 is 1.00 bits per heavy atom. The van der Waals surface area contributed by atoms with Crippen LogP contribution in [0.25, 0.3) is 0 Å². The molecule has 0 unspecified atom stereocenters. The van der Waals surface area contributed by atoms with E-state index in [1.165, 1.54) is 0 Å². The van der Waals surface area contributed by atoms with E-state index in [4.69, 9.17) is 27.9 Å². The van der Waals surface area contributed by atoms with Crippen LogP contribution < -0.4 is 10.1 Å². The van der Waals surface area contributed by atoms with E-state index in [0.29, 0.717) is 21.5 Å². The van der Waals surface area contributed by atoms with Crippen molar-refractivity contribution >= 4 is 86.2 Å². The van der Waals surface area contributed by atoms with Gasteiger partial charge in [0.2, 0.25) is 0 Å². The molecule has 0 radical (unpaired) electrons. The summed E-state index contributed by atoms with van der Waals surface area (Å²) in [5, 5.41) is 3.78. The van der Waals surface area contributed by atoms with Crippen molar-refractivity contribution in [3.05, 3.63) is 58.6 Å². The number of ether oxygens (including phenoxy) is 1. The van der Waals surface area contributed by atoms with E-state index in [0.717, 1.165) is 0 Å². The number of halogens is 2. The average molecular weight is 336 g/mol. The second kappa shape index (κ2) is 9.05. The molecule has 6 heteroatoms. The normalized spacial score (nSPS) is 9.50. The van der Waals surface area contributed by atoms with Gasteiger partial charge in [0.1, 0.15) is 12.3 Å². The average Bonchev–Trinajstić information content (AvgIpc) is 2.39. The summed E-state index contributed by atoms with van der Waals surface area (Å²) in [6, 6.07) is 14.0. The van der Waals surface area contributed by atoms with Crippen molar-refractivity contribution in [2.45, 2.75) is 0 Å². The topological polar surface area (TPSA) is 38.3 Å². The van der Waals surface area contributed by atoms with Crippen LogP contribution in [-0.4, -0.2) is 63.9 Å². The summed E-state index contributed by atoms with van der Waals surface area (Å²) in [6.07, 6.45) is 0. The summed E-state index contributed by atoms with van der Waals surface area (Å²) >= 11 is 11.9. The van der Waals surface area contributed by atoms with Crippen LogP contribution in [0.3, 0.4) is 0 Å². The van der Waals surface area contributed by atoms with E-state index in [-0.39, 0.29) is 57.9 Å². The summed E-state index contributed by atoms with van der Waals surface area (Å²) < 4.78 is 5.13. The van der Waals surface area contributed by atoms with Crippen LogP contribution in [-0.2, 0) is 4.79 Å². The SMILES string of the molecule is O=C(CNc1c(Cl)cccc1Cl)Oc1ccccc1.[KH]. The molecule has 1 N–H and O–H groups in total. The fraction of sp³-hybridized carbons (Fsp3) is 0.0714. The van der Waals surface area contributed by atoms with Gasteiger partial charge in [-0.05, 0) is 24.3 Å². The van der Waals surface area contributed by atoms with E-state index in [1.54, 1.807) is 42.5 Å². The maximum absolute atomic E-state index is 11.6. The van der Waals surface area contributed by atoms with Gasteiger partial charge in [-0.15, -0.1) is 0 Å². The third-order valence-electron chi connectivity index (χ3n) is 2.35. The number of nitrogens with one attached hydrogen (secondary N) is 1. The van der Waals surface area contributed by atoms with Crippen LogP contribution in [0.4, 0.5) is 5.69 Å². The first-order valence-corrected chi connectivity index (χ1v) is 6.36. The molecule has 2 aromatic carbocycles. The Bertz CT molecular complexity index is 558. The number of para-hydroxylation sites is 2. The minimum atomic E-state index is -0.415. The molecule has 20 heavy (non-hydrogen) atoms. The van der Waals surface area contributed by atoms with Crippen LogP contribution >= 0.6 is 23.2 Å². The molecule has 0 saturated heterocycles. The molecule has 0 atom stereocenters. The fourth-order valence-electron chi connectivity index (χ4n) is 1.48. The zero-order chi connectivity index (χ0) is 13.7. The molecule has 0 bridgehead atoms. The summed E-state index contributed by atoms with van der Waals surface area (Å²) in [4.78, 5) is 11.6. The number of hydrogen-bond acceptors (Lipinski definition) is 3. The number of carbonyl (C=O) groups excluding carboxylic acids is 1. The quantitative estimate of drug-likeness (QED) is 0.529. The summed E-state index contributed by atoms with van der Waals surface area (Å²) in [6.45, 7) is -0.0155. The van der Waals surface area contributed by atoms with E-state index < -0.39 is 5.97 Å². The van der Waals surface area contributed by atoms with Gasteiger partial charge in [0, 0.05) is 0 Å². The molecule has 0 heterocycles. The van der Waals surface area contributed by atoms with Gasteiger partial charge in [-0.2, -0.15) is 0 Å². The Hall–Kier alpha value is -0.0736. The first-order chi connectivity index (χ1) is 9.16. The van der Waals surface area contributed by atoms with Crippen LogP contribution in [0, 0.1) is 0 Å². The molecule has 3 nitrogen and oxygen atoms in total. The Morgan fingerprint density at radius 3 is 2.20 bits per heavy atom. The van der Waals surface area contributed by atoms with Crippen molar-refractivity contribution in [3.8, 4) is 5.75 Å². The molecule has 2 aromatic rings.